The zero-order chi connectivity index (χ0) is 12.1. The van der Waals surface area contributed by atoms with Crippen LogP contribution in [0.4, 0.5) is 5.69 Å². The van der Waals surface area contributed by atoms with Crippen LogP contribution in [0.25, 0.3) is 6.08 Å². The molecule has 1 heterocycles. The second kappa shape index (κ2) is 3.72. The lowest BCUT2D eigenvalue weighted by molar-refractivity contribution is 0.778. The number of halogens is 1. The molecule has 0 bridgehead atoms. The van der Waals surface area contributed by atoms with Crippen LogP contribution in [-0.2, 0) is 0 Å². The van der Waals surface area contributed by atoms with Crippen LogP contribution >= 0.6 is 15.9 Å². The molecule has 88 valence electrons. The zero-order valence-corrected chi connectivity index (χ0v) is 11.3. The summed E-state index contributed by atoms with van der Waals surface area (Å²) in [5.41, 5.74) is 5.42. The van der Waals surface area contributed by atoms with E-state index >= 15 is 0 Å². The summed E-state index contributed by atoms with van der Waals surface area (Å²) in [6.07, 6.45) is 4.51. The van der Waals surface area contributed by atoms with Crippen LogP contribution in [0.15, 0.2) is 53.0 Å². The molecule has 1 N–H and O–H groups in total. The Hall–Kier alpha value is -1.54. The van der Waals surface area contributed by atoms with Gasteiger partial charge in [0.15, 0.2) is 0 Å². The van der Waals surface area contributed by atoms with Crippen LogP contribution in [0.5, 0.6) is 0 Å². The molecule has 0 fully saturated rings. The van der Waals surface area contributed by atoms with E-state index in [1.54, 1.807) is 0 Å². The Labute approximate surface area is 115 Å². The van der Waals surface area contributed by atoms with Crippen LogP contribution in [0.1, 0.15) is 22.6 Å². The minimum absolute atomic E-state index is 0.393. The number of fused-ring (bicyclic) bond motifs is 5. The normalized spacial score (nSPS) is 22.9. The van der Waals surface area contributed by atoms with Gasteiger partial charge in [-0.25, -0.2) is 0 Å². The van der Waals surface area contributed by atoms with E-state index in [0.717, 1.165) is 4.47 Å². The van der Waals surface area contributed by atoms with Gasteiger partial charge < -0.3 is 5.32 Å². The quantitative estimate of drug-likeness (QED) is 0.760. The molecular formula is C16H12BrN. The Morgan fingerprint density at radius 2 is 1.89 bits per heavy atom. The van der Waals surface area contributed by atoms with Gasteiger partial charge in [-0.2, -0.15) is 0 Å². The first-order chi connectivity index (χ1) is 8.83. The third kappa shape index (κ3) is 1.39. The molecule has 2 heteroatoms. The Kier molecular flexibility index (Phi) is 2.15. The van der Waals surface area contributed by atoms with Gasteiger partial charge in [0, 0.05) is 16.1 Å². The van der Waals surface area contributed by atoms with Crippen LogP contribution in [-0.4, -0.2) is 6.04 Å². The molecule has 0 spiro atoms. The Morgan fingerprint density at radius 3 is 2.83 bits per heavy atom. The first-order valence-corrected chi connectivity index (χ1v) is 6.95. The van der Waals surface area contributed by atoms with Gasteiger partial charge in [0.2, 0.25) is 0 Å². The third-order valence-electron chi connectivity index (χ3n) is 3.84. The maximum absolute atomic E-state index is 3.60. The van der Waals surface area contributed by atoms with Gasteiger partial charge in [-0.05, 0) is 34.9 Å². The predicted molar refractivity (Wildman–Crippen MR) is 78.9 cm³/mol. The lowest BCUT2D eigenvalue weighted by Crippen LogP contribution is -2.21. The number of anilines is 1. The van der Waals surface area contributed by atoms with E-state index in [4.69, 9.17) is 0 Å². The number of hydrogen-bond donors (Lipinski definition) is 1. The van der Waals surface area contributed by atoms with Crippen molar-refractivity contribution >= 4 is 27.7 Å². The van der Waals surface area contributed by atoms with Crippen molar-refractivity contribution in [2.75, 3.05) is 5.32 Å². The molecule has 2 atom stereocenters. The molecule has 0 saturated carbocycles. The monoisotopic (exact) mass is 297 g/mol. The van der Waals surface area contributed by atoms with Gasteiger partial charge in [0.25, 0.3) is 0 Å². The molecule has 0 radical (unpaired) electrons. The summed E-state index contributed by atoms with van der Waals surface area (Å²) in [5.74, 6) is 0.443. The van der Waals surface area contributed by atoms with Crippen molar-refractivity contribution in [3.05, 3.63) is 69.7 Å². The molecule has 2 unspecified atom stereocenters. The van der Waals surface area contributed by atoms with Gasteiger partial charge in [-0.1, -0.05) is 52.3 Å². The van der Waals surface area contributed by atoms with E-state index in [2.05, 4.69) is 75.9 Å². The number of nitrogens with one attached hydrogen (secondary N) is 1. The molecule has 2 aromatic rings. The standard InChI is InChI=1S/C16H12BrN/c17-11-6-8-14-13(9-11)16-12-4-2-1-3-10(12)5-7-15(16)18-14/h1-9,15-16,18H. The Morgan fingerprint density at radius 1 is 1.00 bits per heavy atom. The van der Waals surface area contributed by atoms with Crippen LogP contribution < -0.4 is 5.32 Å². The third-order valence-corrected chi connectivity index (χ3v) is 4.34. The minimum atomic E-state index is 0.393. The van der Waals surface area contributed by atoms with E-state index in [-0.39, 0.29) is 0 Å². The van der Waals surface area contributed by atoms with Gasteiger partial charge in [0.05, 0.1) is 6.04 Å². The van der Waals surface area contributed by atoms with Gasteiger partial charge in [-0.3, -0.25) is 0 Å². The van der Waals surface area contributed by atoms with Gasteiger partial charge in [-0.15, -0.1) is 0 Å². The van der Waals surface area contributed by atoms with E-state index in [1.807, 2.05) is 0 Å². The summed E-state index contributed by atoms with van der Waals surface area (Å²) in [6.45, 7) is 0. The van der Waals surface area contributed by atoms with Crippen molar-refractivity contribution in [3.63, 3.8) is 0 Å². The summed E-state index contributed by atoms with van der Waals surface area (Å²) < 4.78 is 1.15. The molecular weight excluding hydrogens is 286 g/mol. The molecule has 2 aromatic carbocycles. The lowest BCUT2D eigenvalue weighted by atomic mass is 9.81. The Balaban J connectivity index is 1.95. The average molecular weight is 298 g/mol. The highest BCUT2D eigenvalue weighted by Gasteiger charge is 2.34. The molecule has 0 aromatic heterocycles. The fourth-order valence-electron chi connectivity index (χ4n) is 3.05. The van der Waals surface area contributed by atoms with Crippen molar-refractivity contribution in [2.24, 2.45) is 0 Å². The number of rotatable bonds is 0. The van der Waals surface area contributed by atoms with Crippen LogP contribution in [0, 0.1) is 0 Å². The topological polar surface area (TPSA) is 12.0 Å². The maximum Gasteiger partial charge on any atom is 0.0558 e. The first kappa shape index (κ1) is 10.4. The molecule has 1 aliphatic heterocycles. The molecule has 18 heavy (non-hydrogen) atoms. The summed E-state index contributed by atoms with van der Waals surface area (Å²) in [4.78, 5) is 0. The molecule has 2 aliphatic rings. The van der Waals surface area contributed by atoms with Crippen molar-refractivity contribution in [3.8, 4) is 0 Å². The second-order valence-corrected chi connectivity index (χ2v) is 5.78. The minimum Gasteiger partial charge on any atom is -0.378 e. The van der Waals surface area contributed by atoms with Gasteiger partial charge >= 0.3 is 0 Å². The molecule has 0 amide bonds. The fourth-order valence-corrected chi connectivity index (χ4v) is 3.43. The summed E-state index contributed by atoms with van der Waals surface area (Å²) >= 11 is 3.58. The maximum atomic E-state index is 3.60. The molecule has 1 nitrogen and oxygen atoms in total. The van der Waals surface area contributed by atoms with Crippen molar-refractivity contribution in [1.82, 2.24) is 0 Å². The van der Waals surface area contributed by atoms with E-state index < -0.39 is 0 Å². The van der Waals surface area contributed by atoms with Gasteiger partial charge in [0.1, 0.15) is 0 Å². The highest BCUT2D eigenvalue weighted by Crippen LogP contribution is 2.45. The summed E-state index contributed by atoms with van der Waals surface area (Å²) in [7, 11) is 0. The predicted octanol–water partition coefficient (Wildman–Crippen LogP) is 4.40. The highest BCUT2D eigenvalue weighted by molar-refractivity contribution is 9.10. The summed E-state index contributed by atoms with van der Waals surface area (Å²) in [5, 5.41) is 3.60. The van der Waals surface area contributed by atoms with E-state index in [1.165, 1.54) is 22.4 Å². The molecule has 0 saturated heterocycles. The summed E-state index contributed by atoms with van der Waals surface area (Å²) in [6, 6.07) is 15.6. The average Bonchev–Trinajstić information content (AvgIpc) is 2.77. The van der Waals surface area contributed by atoms with Crippen LogP contribution in [0.2, 0.25) is 0 Å². The highest BCUT2D eigenvalue weighted by atomic mass is 79.9. The van der Waals surface area contributed by atoms with Crippen molar-refractivity contribution < 1.29 is 0 Å². The van der Waals surface area contributed by atoms with Crippen molar-refractivity contribution in [1.29, 1.82) is 0 Å². The first-order valence-electron chi connectivity index (χ1n) is 6.16. The van der Waals surface area contributed by atoms with E-state index in [9.17, 15) is 0 Å². The number of hydrogen-bond acceptors (Lipinski definition) is 1. The number of benzene rings is 2. The Bertz CT molecular complexity index is 660. The largest absolute Gasteiger partial charge is 0.378 e. The van der Waals surface area contributed by atoms with Crippen LogP contribution in [0.3, 0.4) is 0 Å². The zero-order valence-electron chi connectivity index (χ0n) is 9.73. The fraction of sp³-hybridized carbons (Fsp3) is 0.125. The van der Waals surface area contributed by atoms with Crippen molar-refractivity contribution in [2.45, 2.75) is 12.0 Å². The smallest absolute Gasteiger partial charge is 0.0558 e. The van der Waals surface area contributed by atoms with E-state index in [0.29, 0.717) is 12.0 Å². The molecule has 4 rings (SSSR count). The molecule has 1 aliphatic carbocycles. The second-order valence-electron chi connectivity index (χ2n) is 4.87. The SMILES string of the molecule is Brc1ccc2c(c1)C1c3ccccc3C=CC1N2. The lowest BCUT2D eigenvalue weighted by Gasteiger charge is -2.24.